The molecule has 3 heteroatoms. The maximum absolute atomic E-state index is 12.3. The smallest absolute Gasteiger partial charge is 0.138 e. The SMILES string of the molecule is CCCC(=O)C(COCC)C[C@H](N)Cc1ccc(-c2ccccc2)cc1. The van der Waals surface area contributed by atoms with Crippen LogP contribution in [0.3, 0.4) is 0 Å². The van der Waals surface area contributed by atoms with E-state index in [-0.39, 0.29) is 17.7 Å². The Balaban J connectivity index is 1.94. The van der Waals surface area contributed by atoms with Gasteiger partial charge in [0, 0.05) is 25.0 Å². The normalized spacial score (nSPS) is 13.3. The van der Waals surface area contributed by atoms with Crippen molar-refractivity contribution in [3.63, 3.8) is 0 Å². The fourth-order valence-electron chi connectivity index (χ4n) is 3.22. The van der Waals surface area contributed by atoms with Gasteiger partial charge in [-0.3, -0.25) is 4.79 Å². The molecule has 1 unspecified atom stereocenters. The lowest BCUT2D eigenvalue weighted by Gasteiger charge is -2.20. The summed E-state index contributed by atoms with van der Waals surface area (Å²) in [7, 11) is 0. The summed E-state index contributed by atoms with van der Waals surface area (Å²) < 4.78 is 5.50. The van der Waals surface area contributed by atoms with Crippen LogP contribution in [0.25, 0.3) is 11.1 Å². The third-order valence-electron chi connectivity index (χ3n) is 4.62. The molecule has 0 saturated heterocycles. The first-order valence-electron chi connectivity index (χ1n) is 9.64. The molecule has 0 heterocycles. The van der Waals surface area contributed by atoms with Crippen LogP contribution in [-0.4, -0.2) is 25.0 Å². The molecule has 0 bridgehead atoms. The minimum atomic E-state index is -0.0894. The number of hydrogen-bond acceptors (Lipinski definition) is 3. The maximum atomic E-state index is 12.3. The zero-order valence-electron chi connectivity index (χ0n) is 16.0. The van der Waals surface area contributed by atoms with E-state index >= 15 is 0 Å². The lowest BCUT2D eigenvalue weighted by atomic mass is 9.91. The topological polar surface area (TPSA) is 52.3 Å². The summed E-state index contributed by atoms with van der Waals surface area (Å²) in [5.41, 5.74) is 9.97. The van der Waals surface area contributed by atoms with Crippen molar-refractivity contribution in [1.29, 1.82) is 0 Å². The molecule has 0 fully saturated rings. The van der Waals surface area contributed by atoms with Gasteiger partial charge in [0.15, 0.2) is 0 Å². The quantitative estimate of drug-likeness (QED) is 0.640. The van der Waals surface area contributed by atoms with E-state index in [2.05, 4.69) is 36.4 Å². The van der Waals surface area contributed by atoms with Gasteiger partial charge in [-0.25, -0.2) is 0 Å². The predicted molar refractivity (Wildman–Crippen MR) is 108 cm³/mol. The fourth-order valence-corrected chi connectivity index (χ4v) is 3.22. The fraction of sp³-hybridized carbons (Fsp3) is 0.435. The van der Waals surface area contributed by atoms with Gasteiger partial charge in [0.25, 0.3) is 0 Å². The van der Waals surface area contributed by atoms with Gasteiger partial charge < -0.3 is 10.5 Å². The molecule has 0 spiro atoms. The molecule has 26 heavy (non-hydrogen) atoms. The van der Waals surface area contributed by atoms with E-state index in [1.165, 1.54) is 16.7 Å². The van der Waals surface area contributed by atoms with Crippen LogP contribution in [0.5, 0.6) is 0 Å². The van der Waals surface area contributed by atoms with Gasteiger partial charge in [0.2, 0.25) is 0 Å². The van der Waals surface area contributed by atoms with Crippen molar-refractivity contribution < 1.29 is 9.53 Å². The Morgan fingerprint density at radius 1 is 1.00 bits per heavy atom. The number of Topliss-reactive ketones (excluding diaryl/α,β-unsaturated/α-hetero) is 1. The molecule has 0 radical (unpaired) electrons. The second-order valence-corrected chi connectivity index (χ2v) is 6.84. The molecule has 0 aliphatic rings. The Bertz CT molecular complexity index is 652. The second kappa shape index (κ2) is 10.9. The van der Waals surface area contributed by atoms with E-state index in [1.54, 1.807) is 0 Å². The van der Waals surface area contributed by atoms with Gasteiger partial charge in [-0.15, -0.1) is 0 Å². The average Bonchev–Trinajstić information content (AvgIpc) is 2.66. The number of nitrogens with two attached hydrogens (primary N) is 1. The van der Waals surface area contributed by atoms with Crippen molar-refractivity contribution in [2.45, 2.75) is 45.6 Å². The van der Waals surface area contributed by atoms with E-state index in [0.29, 0.717) is 26.1 Å². The Morgan fingerprint density at radius 3 is 2.27 bits per heavy atom. The van der Waals surface area contributed by atoms with Crippen molar-refractivity contribution >= 4 is 5.78 Å². The molecule has 2 rings (SSSR count). The van der Waals surface area contributed by atoms with Gasteiger partial charge in [-0.1, -0.05) is 61.5 Å². The van der Waals surface area contributed by atoms with E-state index in [9.17, 15) is 4.79 Å². The van der Waals surface area contributed by atoms with E-state index in [0.717, 1.165) is 12.8 Å². The summed E-state index contributed by atoms with van der Waals surface area (Å²) in [5.74, 6) is 0.185. The van der Waals surface area contributed by atoms with Gasteiger partial charge in [-0.05, 0) is 42.9 Å². The average molecular weight is 354 g/mol. The third kappa shape index (κ3) is 6.40. The van der Waals surface area contributed by atoms with Crippen LogP contribution in [-0.2, 0) is 16.0 Å². The summed E-state index contributed by atoms with van der Waals surface area (Å²) in [6.45, 7) is 5.10. The summed E-state index contributed by atoms with van der Waals surface area (Å²) in [6.07, 6.45) is 2.93. The predicted octanol–water partition coefficient (Wildman–Crippen LogP) is 4.64. The molecule has 2 aromatic carbocycles. The molecule has 0 amide bonds. The summed E-state index contributed by atoms with van der Waals surface area (Å²) >= 11 is 0. The molecular formula is C23H31NO2. The van der Waals surface area contributed by atoms with Gasteiger partial charge in [-0.2, -0.15) is 0 Å². The largest absolute Gasteiger partial charge is 0.381 e. The molecule has 2 N–H and O–H groups in total. The number of ketones is 1. The standard InChI is InChI=1S/C23H31NO2/c1-3-8-23(25)21(17-26-4-2)16-22(24)15-18-11-13-20(14-12-18)19-9-6-5-7-10-19/h5-7,9-14,21-22H,3-4,8,15-17,24H2,1-2H3/t21?,22-/m1/s1. The zero-order chi connectivity index (χ0) is 18.8. The lowest BCUT2D eigenvalue weighted by molar-refractivity contribution is -0.125. The Hall–Kier alpha value is -1.97. The lowest BCUT2D eigenvalue weighted by Crippen LogP contribution is -2.31. The number of benzene rings is 2. The highest BCUT2D eigenvalue weighted by atomic mass is 16.5. The molecule has 3 nitrogen and oxygen atoms in total. The van der Waals surface area contributed by atoms with Crippen LogP contribution in [0.4, 0.5) is 0 Å². The highest BCUT2D eigenvalue weighted by molar-refractivity contribution is 5.81. The number of rotatable bonds is 11. The minimum absolute atomic E-state index is 0.0381. The molecule has 2 aromatic rings. The van der Waals surface area contributed by atoms with Crippen molar-refractivity contribution in [3.8, 4) is 11.1 Å². The molecular weight excluding hydrogens is 322 g/mol. The Morgan fingerprint density at radius 2 is 1.65 bits per heavy atom. The summed E-state index contributed by atoms with van der Waals surface area (Å²) in [6, 6.07) is 18.8. The number of ether oxygens (including phenoxy) is 1. The zero-order valence-corrected chi connectivity index (χ0v) is 16.0. The molecule has 0 aliphatic heterocycles. The van der Waals surface area contributed by atoms with Crippen LogP contribution in [0.1, 0.15) is 38.7 Å². The molecule has 0 aliphatic carbocycles. The van der Waals surface area contributed by atoms with Gasteiger partial charge >= 0.3 is 0 Å². The van der Waals surface area contributed by atoms with Crippen molar-refractivity contribution in [2.24, 2.45) is 11.7 Å². The van der Waals surface area contributed by atoms with E-state index < -0.39 is 0 Å². The first-order valence-corrected chi connectivity index (χ1v) is 9.64. The second-order valence-electron chi connectivity index (χ2n) is 6.84. The highest BCUT2D eigenvalue weighted by Crippen LogP contribution is 2.20. The molecule has 140 valence electrons. The minimum Gasteiger partial charge on any atom is -0.381 e. The first-order chi connectivity index (χ1) is 12.6. The number of hydrogen-bond donors (Lipinski definition) is 1. The number of carbonyl (C=O) groups excluding carboxylic acids is 1. The van der Waals surface area contributed by atoms with E-state index in [1.807, 2.05) is 32.0 Å². The number of carbonyl (C=O) groups is 1. The van der Waals surface area contributed by atoms with Crippen LogP contribution in [0.15, 0.2) is 54.6 Å². The van der Waals surface area contributed by atoms with Crippen LogP contribution < -0.4 is 5.73 Å². The Kier molecular flexibility index (Phi) is 8.52. The highest BCUT2D eigenvalue weighted by Gasteiger charge is 2.21. The molecule has 0 aromatic heterocycles. The van der Waals surface area contributed by atoms with Crippen molar-refractivity contribution in [3.05, 3.63) is 60.2 Å². The molecule has 2 atom stereocenters. The monoisotopic (exact) mass is 353 g/mol. The van der Waals surface area contributed by atoms with Crippen molar-refractivity contribution in [2.75, 3.05) is 13.2 Å². The summed E-state index contributed by atoms with van der Waals surface area (Å²) in [4.78, 5) is 12.3. The third-order valence-corrected chi connectivity index (χ3v) is 4.62. The van der Waals surface area contributed by atoms with Crippen LogP contribution >= 0.6 is 0 Å². The van der Waals surface area contributed by atoms with E-state index in [4.69, 9.17) is 10.5 Å². The summed E-state index contributed by atoms with van der Waals surface area (Å²) in [5, 5.41) is 0. The van der Waals surface area contributed by atoms with Crippen molar-refractivity contribution in [1.82, 2.24) is 0 Å². The first kappa shape index (κ1) is 20.3. The Labute approximate surface area is 157 Å². The maximum Gasteiger partial charge on any atom is 0.138 e. The van der Waals surface area contributed by atoms with Gasteiger partial charge in [0.1, 0.15) is 5.78 Å². The van der Waals surface area contributed by atoms with Gasteiger partial charge in [0.05, 0.1) is 6.61 Å². The van der Waals surface area contributed by atoms with Crippen LogP contribution in [0.2, 0.25) is 0 Å². The van der Waals surface area contributed by atoms with Crippen LogP contribution in [0, 0.1) is 5.92 Å². The molecule has 0 saturated carbocycles.